The van der Waals surface area contributed by atoms with E-state index in [4.69, 9.17) is 5.11 Å². The average Bonchev–Trinajstić information content (AvgIpc) is 3.42. The van der Waals surface area contributed by atoms with Gasteiger partial charge in [0.2, 0.25) is 0 Å². The van der Waals surface area contributed by atoms with Gasteiger partial charge in [-0.15, -0.1) is 0 Å². The maximum absolute atomic E-state index is 12.9. The standard InChI is InChI=1S/C18H22N8O4/c1-5-25-15(17(28)22-13-7-19-24(4)10(13)2)14(8-21-25)23-16(27)12-6-20-26(9-12)11(3)18(29)30/h6-9,11H,5H2,1-4H3,(H,22,28)(H,23,27)(H,29,30). The van der Waals surface area contributed by atoms with Gasteiger partial charge in [0.05, 0.1) is 41.2 Å². The molecule has 0 saturated heterocycles. The molecule has 3 rings (SSSR count). The fourth-order valence-electron chi connectivity index (χ4n) is 2.73. The first-order valence-electron chi connectivity index (χ1n) is 9.17. The lowest BCUT2D eigenvalue weighted by molar-refractivity contribution is -0.140. The molecule has 0 spiro atoms. The molecule has 2 amide bonds. The van der Waals surface area contributed by atoms with Gasteiger partial charge in [-0.2, -0.15) is 15.3 Å². The van der Waals surface area contributed by atoms with Crippen LogP contribution in [0, 0.1) is 6.92 Å². The van der Waals surface area contributed by atoms with Crippen LogP contribution < -0.4 is 10.6 Å². The number of rotatable bonds is 7. The lowest BCUT2D eigenvalue weighted by atomic mass is 10.2. The van der Waals surface area contributed by atoms with E-state index in [0.717, 1.165) is 5.69 Å². The summed E-state index contributed by atoms with van der Waals surface area (Å²) in [6.45, 7) is 5.50. The molecule has 0 bridgehead atoms. The predicted molar refractivity (Wildman–Crippen MR) is 106 cm³/mol. The Balaban J connectivity index is 1.82. The van der Waals surface area contributed by atoms with Gasteiger partial charge in [0.15, 0.2) is 0 Å². The summed E-state index contributed by atoms with van der Waals surface area (Å²) in [5, 5.41) is 26.6. The molecular formula is C18H22N8O4. The Labute approximate surface area is 171 Å². The largest absolute Gasteiger partial charge is 0.480 e. The Kier molecular flexibility index (Phi) is 5.67. The van der Waals surface area contributed by atoms with Crippen molar-refractivity contribution in [2.45, 2.75) is 33.4 Å². The van der Waals surface area contributed by atoms with Gasteiger partial charge in [0.25, 0.3) is 11.8 Å². The monoisotopic (exact) mass is 414 g/mol. The van der Waals surface area contributed by atoms with Crippen molar-refractivity contribution < 1.29 is 19.5 Å². The molecule has 158 valence electrons. The van der Waals surface area contributed by atoms with E-state index >= 15 is 0 Å². The fourth-order valence-corrected chi connectivity index (χ4v) is 2.73. The number of hydrogen-bond acceptors (Lipinski definition) is 6. The first kappa shape index (κ1) is 20.8. The highest BCUT2D eigenvalue weighted by atomic mass is 16.4. The number of carbonyl (C=O) groups is 3. The number of aliphatic carboxylic acids is 1. The third-order valence-corrected chi connectivity index (χ3v) is 4.70. The molecule has 0 fully saturated rings. The minimum atomic E-state index is -1.07. The molecule has 1 unspecified atom stereocenters. The first-order chi connectivity index (χ1) is 14.2. The number of nitrogens with zero attached hydrogens (tertiary/aromatic N) is 6. The summed E-state index contributed by atoms with van der Waals surface area (Å²) in [6.07, 6.45) is 5.52. The summed E-state index contributed by atoms with van der Waals surface area (Å²) < 4.78 is 4.27. The quantitative estimate of drug-likeness (QED) is 0.527. The van der Waals surface area contributed by atoms with Gasteiger partial charge in [-0.05, 0) is 20.8 Å². The summed E-state index contributed by atoms with van der Waals surface area (Å²) in [4.78, 5) is 36.6. The highest BCUT2D eigenvalue weighted by Gasteiger charge is 2.23. The number of carbonyl (C=O) groups excluding carboxylic acids is 2. The molecule has 3 N–H and O–H groups in total. The maximum atomic E-state index is 12.9. The Hall–Kier alpha value is -3.96. The third-order valence-electron chi connectivity index (χ3n) is 4.70. The smallest absolute Gasteiger partial charge is 0.328 e. The zero-order valence-electron chi connectivity index (χ0n) is 16.9. The predicted octanol–water partition coefficient (Wildman–Crippen LogP) is 1.29. The van der Waals surface area contributed by atoms with Crippen LogP contribution in [0.25, 0.3) is 0 Å². The number of nitrogens with one attached hydrogen (secondary N) is 2. The van der Waals surface area contributed by atoms with E-state index in [9.17, 15) is 14.4 Å². The van der Waals surface area contributed by atoms with Crippen LogP contribution in [0.4, 0.5) is 11.4 Å². The summed E-state index contributed by atoms with van der Waals surface area (Å²) in [6, 6.07) is -0.918. The van der Waals surface area contributed by atoms with E-state index in [-0.39, 0.29) is 16.9 Å². The van der Waals surface area contributed by atoms with Gasteiger partial charge in [-0.1, -0.05) is 0 Å². The Morgan fingerprint density at radius 3 is 2.33 bits per heavy atom. The zero-order chi connectivity index (χ0) is 22.0. The van der Waals surface area contributed by atoms with Gasteiger partial charge in [-0.3, -0.25) is 23.6 Å². The Morgan fingerprint density at radius 2 is 1.73 bits per heavy atom. The van der Waals surface area contributed by atoms with Gasteiger partial charge in [0, 0.05) is 19.8 Å². The van der Waals surface area contributed by atoms with Gasteiger partial charge in [-0.25, -0.2) is 4.79 Å². The second-order valence-electron chi connectivity index (χ2n) is 6.62. The molecule has 0 aliphatic rings. The van der Waals surface area contributed by atoms with Crippen LogP contribution in [0.3, 0.4) is 0 Å². The van der Waals surface area contributed by atoms with Crippen molar-refractivity contribution in [1.82, 2.24) is 29.3 Å². The van der Waals surface area contributed by atoms with E-state index in [1.807, 2.05) is 13.8 Å². The lowest BCUT2D eigenvalue weighted by Crippen LogP contribution is -2.21. The fraction of sp³-hybridized carbons (Fsp3) is 0.333. The van der Waals surface area contributed by atoms with Gasteiger partial charge in [0.1, 0.15) is 11.7 Å². The first-order valence-corrected chi connectivity index (χ1v) is 9.17. The topological polar surface area (TPSA) is 149 Å². The summed E-state index contributed by atoms with van der Waals surface area (Å²) in [5.41, 5.74) is 1.88. The van der Waals surface area contributed by atoms with Gasteiger partial charge >= 0.3 is 5.97 Å². The van der Waals surface area contributed by atoms with Crippen LogP contribution in [0.5, 0.6) is 0 Å². The molecule has 3 aromatic rings. The van der Waals surface area contributed by atoms with Crippen molar-refractivity contribution in [2.24, 2.45) is 7.05 Å². The van der Waals surface area contributed by atoms with E-state index in [0.29, 0.717) is 12.2 Å². The highest BCUT2D eigenvalue weighted by Crippen LogP contribution is 2.20. The Bertz CT molecular complexity index is 1110. The van der Waals surface area contributed by atoms with Crippen molar-refractivity contribution in [3.63, 3.8) is 0 Å². The number of carboxylic acids is 1. The number of hydrogen-bond donors (Lipinski definition) is 3. The lowest BCUT2D eigenvalue weighted by Gasteiger charge is -2.09. The highest BCUT2D eigenvalue weighted by molar-refractivity contribution is 6.11. The molecule has 0 aliphatic heterocycles. The van der Waals surface area contributed by atoms with E-state index in [2.05, 4.69) is 25.9 Å². The molecule has 12 nitrogen and oxygen atoms in total. The van der Waals surface area contributed by atoms with Crippen LogP contribution >= 0.6 is 0 Å². The average molecular weight is 414 g/mol. The number of aromatic nitrogens is 6. The molecule has 0 saturated carbocycles. The van der Waals surface area contributed by atoms with E-state index in [1.54, 1.807) is 11.7 Å². The number of carboxylic acid groups (broad SMARTS) is 1. The van der Waals surface area contributed by atoms with E-state index < -0.39 is 23.8 Å². The molecule has 0 radical (unpaired) electrons. The molecule has 0 aliphatic carbocycles. The van der Waals surface area contributed by atoms with Crippen molar-refractivity contribution in [2.75, 3.05) is 10.6 Å². The molecule has 3 aromatic heterocycles. The second kappa shape index (κ2) is 8.19. The summed E-state index contributed by atoms with van der Waals surface area (Å²) in [5.74, 6) is -2.06. The van der Waals surface area contributed by atoms with Gasteiger partial charge < -0.3 is 15.7 Å². The van der Waals surface area contributed by atoms with Crippen molar-refractivity contribution >= 4 is 29.2 Å². The summed E-state index contributed by atoms with van der Waals surface area (Å²) >= 11 is 0. The summed E-state index contributed by atoms with van der Waals surface area (Å²) in [7, 11) is 1.76. The van der Waals surface area contributed by atoms with Crippen molar-refractivity contribution in [3.05, 3.63) is 41.7 Å². The number of aryl methyl sites for hydroxylation is 2. The molecule has 1 atom stereocenters. The van der Waals surface area contributed by atoms with Crippen LogP contribution in [-0.2, 0) is 18.4 Å². The molecule has 3 heterocycles. The normalized spacial score (nSPS) is 11.9. The van der Waals surface area contributed by atoms with Crippen LogP contribution in [0.1, 0.15) is 46.4 Å². The number of amides is 2. The van der Waals surface area contributed by atoms with Crippen LogP contribution in [0.2, 0.25) is 0 Å². The third kappa shape index (κ3) is 3.92. The number of anilines is 2. The van der Waals surface area contributed by atoms with Crippen LogP contribution in [-0.4, -0.2) is 52.2 Å². The van der Waals surface area contributed by atoms with E-state index in [1.165, 1.54) is 41.1 Å². The minimum Gasteiger partial charge on any atom is -0.480 e. The zero-order valence-corrected chi connectivity index (χ0v) is 16.9. The van der Waals surface area contributed by atoms with Crippen LogP contribution in [0.15, 0.2) is 24.8 Å². The molecule has 12 heteroatoms. The molecule has 30 heavy (non-hydrogen) atoms. The Morgan fingerprint density at radius 1 is 1.07 bits per heavy atom. The molecule has 0 aromatic carbocycles. The minimum absolute atomic E-state index is 0.154. The molecular weight excluding hydrogens is 392 g/mol. The SMILES string of the molecule is CCn1ncc(NC(=O)c2cnn(C(C)C(=O)O)c2)c1C(=O)Nc1cnn(C)c1C. The second-order valence-corrected chi connectivity index (χ2v) is 6.62. The maximum Gasteiger partial charge on any atom is 0.328 e. The van der Waals surface area contributed by atoms with Crippen molar-refractivity contribution in [1.29, 1.82) is 0 Å². The van der Waals surface area contributed by atoms with Crippen molar-refractivity contribution in [3.8, 4) is 0 Å².